The van der Waals surface area contributed by atoms with Crippen LogP contribution in [0.5, 0.6) is 0 Å². The molecule has 0 bridgehead atoms. The van der Waals surface area contributed by atoms with Crippen molar-refractivity contribution >= 4 is 17.5 Å². The third-order valence-corrected chi connectivity index (χ3v) is 5.01. The van der Waals surface area contributed by atoms with Crippen LogP contribution in [-0.4, -0.2) is 44.9 Å². The molecule has 6 nitrogen and oxygen atoms in total. The van der Waals surface area contributed by atoms with Gasteiger partial charge in [0.1, 0.15) is 0 Å². The molecule has 1 aromatic carbocycles. The van der Waals surface area contributed by atoms with E-state index in [1.165, 1.54) is 0 Å². The molecule has 0 saturated carbocycles. The summed E-state index contributed by atoms with van der Waals surface area (Å²) >= 11 is 6.23. The number of nitrogens with two attached hydrogens (primary N) is 1. The van der Waals surface area contributed by atoms with Gasteiger partial charge in [0, 0.05) is 19.1 Å². The summed E-state index contributed by atoms with van der Waals surface area (Å²) in [5.41, 5.74) is 7.63. The first-order valence-corrected chi connectivity index (χ1v) is 8.59. The number of likely N-dealkylation sites (tertiary alicyclic amines) is 1. The van der Waals surface area contributed by atoms with Crippen molar-refractivity contribution in [3.8, 4) is 5.69 Å². The zero-order chi connectivity index (χ0) is 17.3. The van der Waals surface area contributed by atoms with E-state index in [0.717, 1.165) is 12.8 Å². The number of aromatic nitrogens is 3. The lowest BCUT2D eigenvalue weighted by Gasteiger charge is -2.37. The normalized spacial score (nSPS) is 21.1. The van der Waals surface area contributed by atoms with Crippen molar-refractivity contribution in [1.29, 1.82) is 0 Å². The highest BCUT2D eigenvalue weighted by atomic mass is 35.5. The number of para-hydroxylation sites is 1. The van der Waals surface area contributed by atoms with E-state index in [-0.39, 0.29) is 11.9 Å². The molecule has 1 aliphatic heterocycles. The number of benzene rings is 1. The maximum absolute atomic E-state index is 12.9. The highest BCUT2D eigenvalue weighted by Crippen LogP contribution is 2.25. The number of rotatable bonds is 3. The van der Waals surface area contributed by atoms with Gasteiger partial charge < -0.3 is 10.6 Å². The standard InChI is InChI=1S/C17H22ClN5O/c1-11-7-8-22(13(9-11)10-19)17(24)16-12(2)23(21-20-16)15-6-4-3-5-14(15)18/h3-6,11,13H,7-10,19H2,1-2H3. The van der Waals surface area contributed by atoms with Crippen molar-refractivity contribution in [2.45, 2.75) is 32.7 Å². The average molecular weight is 348 g/mol. The predicted molar refractivity (Wildman–Crippen MR) is 93.4 cm³/mol. The third-order valence-electron chi connectivity index (χ3n) is 4.69. The second-order valence-corrected chi connectivity index (χ2v) is 6.81. The molecule has 0 aliphatic carbocycles. The summed E-state index contributed by atoms with van der Waals surface area (Å²) in [5.74, 6) is 0.482. The fraction of sp³-hybridized carbons (Fsp3) is 0.471. The molecule has 2 atom stereocenters. The van der Waals surface area contributed by atoms with Crippen LogP contribution in [0.2, 0.25) is 5.02 Å². The Morgan fingerprint density at radius 2 is 2.17 bits per heavy atom. The Hall–Kier alpha value is -1.92. The fourth-order valence-corrected chi connectivity index (χ4v) is 3.47. The molecule has 0 radical (unpaired) electrons. The maximum Gasteiger partial charge on any atom is 0.276 e. The second kappa shape index (κ2) is 6.91. The minimum Gasteiger partial charge on any atom is -0.333 e. The summed E-state index contributed by atoms with van der Waals surface area (Å²) in [6.45, 7) is 5.21. The molecule has 1 aromatic heterocycles. The molecule has 128 valence electrons. The van der Waals surface area contributed by atoms with E-state index in [0.29, 0.717) is 41.1 Å². The smallest absolute Gasteiger partial charge is 0.276 e. The van der Waals surface area contributed by atoms with Gasteiger partial charge in [-0.2, -0.15) is 0 Å². The van der Waals surface area contributed by atoms with Crippen molar-refractivity contribution in [2.75, 3.05) is 13.1 Å². The number of hydrogen-bond donors (Lipinski definition) is 1. The van der Waals surface area contributed by atoms with Gasteiger partial charge in [0.05, 0.1) is 16.4 Å². The van der Waals surface area contributed by atoms with Gasteiger partial charge in [0.15, 0.2) is 5.69 Å². The second-order valence-electron chi connectivity index (χ2n) is 6.40. The van der Waals surface area contributed by atoms with Gasteiger partial charge in [-0.1, -0.05) is 35.9 Å². The lowest BCUT2D eigenvalue weighted by atomic mass is 9.92. The van der Waals surface area contributed by atoms with Crippen LogP contribution < -0.4 is 5.73 Å². The number of amides is 1. The van der Waals surface area contributed by atoms with Gasteiger partial charge in [-0.25, -0.2) is 4.68 Å². The van der Waals surface area contributed by atoms with Crippen molar-refractivity contribution in [2.24, 2.45) is 11.7 Å². The molecule has 3 rings (SSSR count). The molecule has 1 fully saturated rings. The quantitative estimate of drug-likeness (QED) is 0.925. The fourth-order valence-electron chi connectivity index (χ4n) is 3.26. The van der Waals surface area contributed by atoms with Gasteiger partial charge in [0.2, 0.25) is 0 Å². The number of halogens is 1. The maximum atomic E-state index is 12.9. The number of piperidine rings is 1. The molecule has 24 heavy (non-hydrogen) atoms. The van der Waals surface area contributed by atoms with Crippen LogP contribution in [0.1, 0.15) is 35.9 Å². The first-order chi connectivity index (χ1) is 11.5. The summed E-state index contributed by atoms with van der Waals surface area (Å²) in [6.07, 6.45) is 1.92. The van der Waals surface area contributed by atoms with E-state index >= 15 is 0 Å². The van der Waals surface area contributed by atoms with Crippen LogP contribution in [0.3, 0.4) is 0 Å². The third kappa shape index (κ3) is 3.03. The Morgan fingerprint density at radius 3 is 2.88 bits per heavy atom. The SMILES string of the molecule is Cc1c(C(=O)N2CCC(C)CC2CN)nnn1-c1ccccc1Cl. The van der Waals surface area contributed by atoms with Crippen molar-refractivity contribution in [3.05, 3.63) is 40.7 Å². The largest absolute Gasteiger partial charge is 0.333 e. The van der Waals surface area contributed by atoms with Gasteiger partial charge in [-0.3, -0.25) is 4.79 Å². The topological polar surface area (TPSA) is 77.0 Å². The first-order valence-electron chi connectivity index (χ1n) is 8.21. The van der Waals surface area contributed by atoms with E-state index in [2.05, 4.69) is 17.2 Å². The molecular weight excluding hydrogens is 326 g/mol. The number of carbonyl (C=O) groups excluding carboxylic acids is 1. The van der Waals surface area contributed by atoms with E-state index in [1.807, 2.05) is 30.0 Å². The molecule has 2 aromatic rings. The van der Waals surface area contributed by atoms with Crippen LogP contribution in [0, 0.1) is 12.8 Å². The lowest BCUT2D eigenvalue weighted by Crippen LogP contribution is -2.49. The summed E-state index contributed by atoms with van der Waals surface area (Å²) in [7, 11) is 0. The van der Waals surface area contributed by atoms with E-state index in [4.69, 9.17) is 17.3 Å². The summed E-state index contributed by atoms with van der Waals surface area (Å²) in [5, 5.41) is 8.82. The molecule has 0 spiro atoms. The number of nitrogens with zero attached hydrogens (tertiary/aromatic N) is 4. The van der Waals surface area contributed by atoms with Crippen LogP contribution in [-0.2, 0) is 0 Å². The van der Waals surface area contributed by atoms with E-state index in [1.54, 1.807) is 10.7 Å². The Morgan fingerprint density at radius 1 is 1.42 bits per heavy atom. The van der Waals surface area contributed by atoms with Crippen LogP contribution in [0.15, 0.2) is 24.3 Å². The zero-order valence-electron chi connectivity index (χ0n) is 13.9. The molecule has 1 saturated heterocycles. The predicted octanol–water partition coefficient (Wildman–Crippen LogP) is 2.43. The number of carbonyl (C=O) groups is 1. The molecular formula is C17H22ClN5O. The van der Waals surface area contributed by atoms with Gasteiger partial charge in [0.25, 0.3) is 5.91 Å². The van der Waals surface area contributed by atoms with Gasteiger partial charge in [-0.05, 0) is 37.8 Å². The highest BCUT2D eigenvalue weighted by molar-refractivity contribution is 6.32. The van der Waals surface area contributed by atoms with Crippen LogP contribution in [0.4, 0.5) is 0 Å². The van der Waals surface area contributed by atoms with E-state index in [9.17, 15) is 4.79 Å². The summed E-state index contributed by atoms with van der Waals surface area (Å²) in [6, 6.07) is 7.43. The summed E-state index contributed by atoms with van der Waals surface area (Å²) in [4.78, 5) is 14.8. The van der Waals surface area contributed by atoms with Crippen molar-refractivity contribution < 1.29 is 4.79 Å². The van der Waals surface area contributed by atoms with Crippen molar-refractivity contribution in [3.63, 3.8) is 0 Å². The molecule has 2 heterocycles. The minimum atomic E-state index is -0.104. The molecule has 7 heteroatoms. The van der Waals surface area contributed by atoms with Gasteiger partial charge in [-0.15, -0.1) is 5.10 Å². The molecule has 1 aliphatic rings. The highest BCUT2D eigenvalue weighted by Gasteiger charge is 2.32. The average Bonchev–Trinajstić information content (AvgIpc) is 2.96. The monoisotopic (exact) mass is 347 g/mol. The molecule has 2 N–H and O–H groups in total. The first kappa shape index (κ1) is 16.9. The van der Waals surface area contributed by atoms with Crippen LogP contribution in [0.25, 0.3) is 5.69 Å². The van der Waals surface area contributed by atoms with E-state index < -0.39 is 0 Å². The summed E-state index contributed by atoms with van der Waals surface area (Å²) < 4.78 is 1.61. The minimum absolute atomic E-state index is 0.0612. The Labute approximate surface area is 146 Å². The Kier molecular flexibility index (Phi) is 4.87. The Balaban J connectivity index is 1.91. The molecule has 2 unspecified atom stereocenters. The zero-order valence-corrected chi connectivity index (χ0v) is 14.7. The number of hydrogen-bond acceptors (Lipinski definition) is 4. The van der Waals surface area contributed by atoms with Crippen LogP contribution >= 0.6 is 11.6 Å². The molecule has 1 amide bonds. The Bertz CT molecular complexity index is 744. The van der Waals surface area contributed by atoms with Gasteiger partial charge >= 0.3 is 0 Å². The van der Waals surface area contributed by atoms with Crippen molar-refractivity contribution in [1.82, 2.24) is 19.9 Å². The lowest BCUT2D eigenvalue weighted by molar-refractivity contribution is 0.0566.